The largest absolute Gasteiger partial charge is 0.334 e. The third kappa shape index (κ3) is 2.77. The van der Waals surface area contributed by atoms with Gasteiger partial charge in [0.2, 0.25) is 0 Å². The van der Waals surface area contributed by atoms with Gasteiger partial charge in [0.15, 0.2) is 17.5 Å². The molecule has 0 atom stereocenters. The standard InChI is InChI=1S/C11H10F2N4O3/c12-7-4-6(9(17(18)19)5-8(7)13)11-15-10(16-20-11)2-1-3-14/h4-5H,1-3,14H2. The van der Waals surface area contributed by atoms with Crippen LogP contribution in [0.1, 0.15) is 12.2 Å². The fourth-order valence-corrected chi connectivity index (χ4v) is 1.58. The van der Waals surface area contributed by atoms with Gasteiger partial charge in [-0.25, -0.2) is 8.78 Å². The summed E-state index contributed by atoms with van der Waals surface area (Å²) >= 11 is 0. The molecule has 0 aliphatic rings. The molecule has 0 saturated carbocycles. The maximum absolute atomic E-state index is 13.2. The molecular weight excluding hydrogens is 274 g/mol. The average Bonchev–Trinajstić information content (AvgIpc) is 2.87. The second kappa shape index (κ2) is 5.70. The van der Waals surface area contributed by atoms with Crippen LogP contribution in [0.15, 0.2) is 16.7 Å². The third-order valence-corrected chi connectivity index (χ3v) is 2.54. The van der Waals surface area contributed by atoms with Crippen molar-refractivity contribution < 1.29 is 18.2 Å². The Morgan fingerprint density at radius 3 is 2.70 bits per heavy atom. The molecule has 1 aromatic heterocycles. The fraction of sp³-hybridized carbons (Fsp3) is 0.273. The molecule has 2 N–H and O–H groups in total. The van der Waals surface area contributed by atoms with Gasteiger partial charge in [-0.15, -0.1) is 0 Å². The number of rotatable bonds is 5. The number of hydrogen-bond acceptors (Lipinski definition) is 6. The molecule has 9 heteroatoms. The first-order valence-electron chi connectivity index (χ1n) is 5.69. The first-order valence-corrected chi connectivity index (χ1v) is 5.69. The molecule has 0 bridgehead atoms. The Morgan fingerprint density at radius 1 is 1.35 bits per heavy atom. The van der Waals surface area contributed by atoms with E-state index in [9.17, 15) is 18.9 Å². The Balaban J connectivity index is 2.43. The van der Waals surface area contributed by atoms with E-state index in [1.54, 1.807) is 0 Å². The van der Waals surface area contributed by atoms with E-state index >= 15 is 0 Å². The molecule has 106 valence electrons. The van der Waals surface area contributed by atoms with E-state index in [2.05, 4.69) is 10.1 Å². The minimum atomic E-state index is -1.32. The molecule has 7 nitrogen and oxygen atoms in total. The van der Waals surface area contributed by atoms with Gasteiger partial charge in [0.1, 0.15) is 5.56 Å². The maximum atomic E-state index is 13.2. The summed E-state index contributed by atoms with van der Waals surface area (Å²) < 4.78 is 31.1. The van der Waals surface area contributed by atoms with Crippen LogP contribution in [0.25, 0.3) is 11.5 Å². The van der Waals surface area contributed by atoms with Gasteiger partial charge in [-0.1, -0.05) is 5.16 Å². The molecule has 1 aromatic carbocycles. The van der Waals surface area contributed by atoms with Crippen LogP contribution in [-0.2, 0) is 6.42 Å². The van der Waals surface area contributed by atoms with E-state index in [0.717, 1.165) is 0 Å². The molecule has 0 fully saturated rings. The highest BCUT2D eigenvalue weighted by Gasteiger charge is 2.24. The van der Waals surface area contributed by atoms with E-state index in [1.807, 2.05) is 0 Å². The molecule has 0 radical (unpaired) electrons. The quantitative estimate of drug-likeness (QED) is 0.662. The molecule has 2 rings (SSSR count). The number of nitrogens with two attached hydrogens (primary N) is 1. The Labute approximate surface area is 111 Å². The van der Waals surface area contributed by atoms with E-state index in [-0.39, 0.29) is 11.5 Å². The number of aryl methyl sites for hydroxylation is 1. The van der Waals surface area contributed by atoms with Gasteiger partial charge in [0.05, 0.1) is 11.0 Å². The lowest BCUT2D eigenvalue weighted by Crippen LogP contribution is -2.01. The molecule has 0 amide bonds. The van der Waals surface area contributed by atoms with Gasteiger partial charge in [0.25, 0.3) is 11.6 Å². The molecule has 0 saturated heterocycles. The maximum Gasteiger partial charge on any atom is 0.285 e. The number of nitro benzene ring substituents is 1. The smallest absolute Gasteiger partial charge is 0.285 e. The van der Waals surface area contributed by atoms with Gasteiger partial charge in [-0.2, -0.15) is 4.98 Å². The second-order valence-electron chi connectivity index (χ2n) is 3.95. The van der Waals surface area contributed by atoms with Crippen LogP contribution in [0, 0.1) is 21.7 Å². The zero-order valence-corrected chi connectivity index (χ0v) is 10.2. The van der Waals surface area contributed by atoms with Crippen molar-refractivity contribution in [2.24, 2.45) is 5.73 Å². The average molecular weight is 284 g/mol. The zero-order valence-electron chi connectivity index (χ0n) is 10.2. The lowest BCUT2D eigenvalue weighted by atomic mass is 10.1. The van der Waals surface area contributed by atoms with Crippen LogP contribution in [-0.4, -0.2) is 21.6 Å². The molecule has 0 unspecified atom stereocenters. The minimum absolute atomic E-state index is 0.234. The highest BCUT2D eigenvalue weighted by molar-refractivity contribution is 5.66. The van der Waals surface area contributed by atoms with Crippen LogP contribution in [0.2, 0.25) is 0 Å². The number of hydrogen-bond donors (Lipinski definition) is 1. The van der Waals surface area contributed by atoms with Crippen molar-refractivity contribution in [3.8, 4) is 11.5 Å². The molecule has 0 aliphatic heterocycles. The SMILES string of the molecule is NCCCc1noc(-c2cc(F)c(F)cc2[N+](=O)[O-])n1. The Bertz CT molecular complexity index is 645. The van der Waals surface area contributed by atoms with Crippen LogP contribution in [0.5, 0.6) is 0 Å². The van der Waals surface area contributed by atoms with Crippen LogP contribution in [0.3, 0.4) is 0 Å². The summed E-state index contributed by atoms with van der Waals surface area (Å²) in [7, 11) is 0. The van der Waals surface area contributed by atoms with E-state index in [0.29, 0.717) is 37.3 Å². The molecule has 20 heavy (non-hydrogen) atoms. The molecule has 0 aliphatic carbocycles. The number of nitro groups is 1. The summed E-state index contributed by atoms with van der Waals surface area (Å²) in [4.78, 5) is 13.9. The topological polar surface area (TPSA) is 108 Å². The van der Waals surface area contributed by atoms with Gasteiger partial charge in [0, 0.05) is 6.42 Å². The zero-order chi connectivity index (χ0) is 14.7. The summed E-state index contributed by atoms with van der Waals surface area (Å²) in [5.74, 6) is -2.48. The summed E-state index contributed by atoms with van der Waals surface area (Å²) in [6.07, 6.45) is 1.04. The molecule has 2 aromatic rings. The highest BCUT2D eigenvalue weighted by atomic mass is 19.2. The van der Waals surface area contributed by atoms with Crippen molar-refractivity contribution in [3.05, 3.63) is 39.7 Å². The second-order valence-corrected chi connectivity index (χ2v) is 3.95. The summed E-state index contributed by atoms with van der Waals surface area (Å²) in [6.45, 7) is 0.426. The Morgan fingerprint density at radius 2 is 2.05 bits per heavy atom. The first-order chi connectivity index (χ1) is 9.52. The van der Waals surface area contributed by atoms with Crippen molar-refractivity contribution in [1.82, 2.24) is 10.1 Å². The summed E-state index contributed by atoms with van der Waals surface area (Å²) in [5.41, 5.74) is 4.42. The lowest BCUT2D eigenvalue weighted by Gasteiger charge is -1.99. The van der Waals surface area contributed by atoms with E-state index in [1.165, 1.54) is 0 Å². The Kier molecular flexibility index (Phi) is 3.99. The van der Waals surface area contributed by atoms with Gasteiger partial charge >= 0.3 is 0 Å². The third-order valence-electron chi connectivity index (χ3n) is 2.54. The lowest BCUT2D eigenvalue weighted by molar-refractivity contribution is -0.384. The first kappa shape index (κ1) is 14.0. The van der Waals surface area contributed by atoms with Crippen molar-refractivity contribution in [2.75, 3.05) is 6.54 Å². The van der Waals surface area contributed by atoms with Crippen molar-refractivity contribution in [1.29, 1.82) is 0 Å². The van der Waals surface area contributed by atoms with Gasteiger partial charge < -0.3 is 10.3 Å². The number of halogens is 2. The minimum Gasteiger partial charge on any atom is -0.334 e. The summed E-state index contributed by atoms with van der Waals surface area (Å²) in [6, 6.07) is 1.14. The van der Waals surface area contributed by atoms with Gasteiger partial charge in [-0.3, -0.25) is 10.1 Å². The molecular formula is C11H10F2N4O3. The number of benzene rings is 1. The number of nitrogens with zero attached hydrogens (tertiary/aromatic N) is 3. The predicted octanol–water partition coefficient (Wildman–Crippen LogP) is 1.81. The van der Waals surface area contributed by atoms with E-state index in [4.69, 9.17) is 10.3 Å². The van der Waals surface area contributed by atoms with E-state index < -0.39 is 22.2 Å². The van der Waals surface area contributed by atoms with Crippen LogP contribution in [0.4, 0.5) is 14.5 Å². The molecule has 0 spiro atoms. The van der Waals surface area contributed by atoms with Crippen molar-refractivity contribution in [2.45, 2.75) is 12.8 Å². The highest BCUT2D eigenvalue weighted by Crippen LogP contribution is 2.30. The predicted molar refractivity (Wildman–Crippen MR) is 63.7 cm³/mol. The molecule has 1 heterocycles. The fourth-order valence-electron chi connectivity index (χ4n) is 1.58. The Hall–Kier alpha value is -2.42. The van der Waals surface area contributed by atoms with Crippen molar-refractivity contribution in [3.63, 3.8) is 0 Å². The van der Waals surface area contributed by atoms with Crippen LogP contribution < -0.4 is 5.73 Å². The normalized spacial score (nSPS) is 10.8. The van der Waals surface area contributed by atoms with Crippen molar-refractivity contribution >= 4 is 5.69 Å². The van der Waals surface area contributed by atoms with Crippen LogP contribution >= 0.6 is 0 Å². The monoisotopic (exact) mass is 284 g/mol. The van der Waals surface area contributed by atoms with Gasteiger partial charge in [-0.05, 0) is 19.0 Å². The summed E-state index contributed by atoms with van der Waals surface area (Å²) in [5, 5.41) is 14.4. The number of aromatic nitrogens is 2.